The number of hydrogen-bond donors (Lipinski definition) is 1. The fourth-order valence-electron chi connectivity index (χ4n) is 0.335. The van der Waals surface area contributed by atoms with Crippen molar-refractivity contribution in [3.05, 3.63) is 0 Å². The van der Waals surface area contributed by atoms with Gasteiger partial charge >= 0.3 is 0 Å². The monoisotopic (exact) mass is 199 g/mol. The molecule has 10 heavy (non-hydrogen) atoms. The topological polar surface area (TPSA) is 29.1 Å². The molecule has 1 amide bonds. The van der Waals surface area contributed by atoms with E-state index in [1.807, 2.05) is 0 Å². The molecule has 0 heterocycles. The molecule has 2 nitrogen and oxygen atoms in total. The number of hydrogen-bond acceptors (Lipinski definition) is 1. The second-order valence-electron chi connectivity index (χ2n) is 1.43. The molecule has 0 unspecified atom stereocenters. The van der Waals surface area contributed by atoms with E-state index in [2.05, 4.69) is 37.9 Å². The largest absolute Gasteiger partial charge is 0.344 e. The molecule has 0 radical (unpaired) electrons. The molecule has 0 bridgehead atoms. The summed E-state index contributed by atoms with van der Waals surface area (Å²) in [5.41, 5.74) is 0. The fraction of sp³-hybridized carbons (Fsp3) is 0.286. The highest BCUT2D eigenvalue weighted by molar-refractivity contribution is 9.12. The maximum absolute atomic E-state index is 10.5. The molecular weight excluding hydrogens is 194 g/mol. The molecule has 0 aliphatic carbocycles. The SMILES string of the molecule is C#CCCNC(=O)C#CBr. The quantitative estimate of drug-likeness (QED) is 0.509. The zero-order chi connectivity index (χ0) is 7.82. The Labute approximate surface area is 68.5 Å². The first kappa shape index (κ1) is 9.07. The fourth-order valence-corrected chi connectivity index (χ4v) is 0.515. The van der Waals surface area contributed by atoms with Gasteiger partial charge in [0.15, 0.2) is 0 Å². The van der Waals surface area contributed by atoms with E-state index >= 15 is 0 Å². The summed E-state index contributed by atoms with van der Waals surface area (Å²) in [7, 11) is 0. The van der Waals surface area contributed by atoms with Crippen LogP contribution in [0.4, 0.5) is 0 Å². The molecule has 0 spiro atoms. The number of rotatable bonds is 2. The van der Waals surface area contributed by atoms with Crippen molar-refractivity contribution in [2.75, 3.05) is 6.54 Å². The van der Waals surface area contributed by atoms with Gasteiger partial charge in [-0.3, -0.25) is 4.79 Å². The molecular formula is C7H6BrNO. The Balaban J connectivity index is 3.39. The van der Waals surface area contributed by atoms with Crippen molar-refractivity contribution < 1.29 is 4.79 Å². The second-order valence-corrected chi connectivity index (χ2v) is 1.83. The summed E-state index contributed by atoms with van der Waals surface area (Å²) in [5.74, 6) is 4.33. The summed E-state index contributed by atoms with van der Waals surface area (Å²) in [5, 5.41) is 2.50. The van der Waals surface area contributed by atoms with Gasteiger partial charge in [0, 0.05) is 34.8 Å². The number of amides is 1. The van der Waals surface area contributed by atoms with Crippen molar-refractivity contribution in [3.63, 3.8) is 0 Å². The minimum Gasteiger partial charge on any atom is -0.344 e. The third-order valence-corrected chi connectivity index (χ3v) is 0.914. The van der Waals surface area contributed by atoms with Crippen LogP contribution in [0.25, 0.3) is 0 Å². The van der Waals surface area contributed by atoms with Crippen LogP contribution in [0.15, 0.2) is 0 Å². The molecule has 0 aromatic rings. The molecule has 0 rings (SSSR count). The highest BCUT2D eigenvalue weighted by Gasteiger charge is 1.90. The maximum Gasteiger partial charge on any atom is 0.296 e. The Hall–Kier alpha value is -0.930. The molecule has 0 saturated heterocycles. The molecule has 0 saturated carbocycles. The highest BCUT2D eigenvalue weighted by atomic mass is 79.9. The lowest BCUT2D eigenvalue weighted by Gasteiger charge is -1.92. The van der Waals surface area contributed by atoms with Gasteiger partial charge in [0.25, 0.3) is 5.91 Å². The van der Waals surface area contributed by atoms with Crippen LogP contribution in [-0.2, 0) is 4.79 Å². The third-order valence-electron chi connectivity index (χ3n) is 0.716. The Morgan fingerprint density at radius 1 is 1.70 bits per heavy atom. The summed E-state index contributed by atoms with van der Waals surface area (Å²) in [6.45, 7) is 0.483. The lowest BCUT2D eigenvalue weighted by Crippen LogP contribution is -2.21. The van der Waals surface area contributed by atoms with Crippen LogP contribution in [0.3, 0.4) is 0 Å². The number of halogens is 1. The van der Waals surface area contributed by atoms with Crippen LogP contribution in [0.5, 0.6) is 0 Å². The molecule has 0 aromatic heterocycles. The van der Waals surface area contributed by atoms with Gasteiger partial charge in [0.1, 0.15) is 0 Å². The lowest BCUT2D eigenvalue weighted by atomic mass is 10.4. The van der Waals surface area contributed by atoms with Crippen LogP contribution in [0.2, 0.25) is 0 Å². The second kappa shape index (κ2) is 6.19. The standard InChI is InChI=1S/C7H6BrNO/c1-2-3-6-9-7(10)4-5-8/h1H,3,6H2,(H,9,10). The average molecular weight is 200 g/mol. The average Bonchev–Trinajstić information content (AvgIpc) is 1.89. The van der Waals surface area contributed by atoms with Gasteiger partial charge in [-0.2, -0.15) is 0 Å². The van der Waals surface area contributed by atoms with Gasteiger partial charge in [-0.1, -0.05) is 0 Å². The summed E-state index contributed by atoms with van der Waals surface area (Å²) < 4.78 is 0. The van der Waals surface area contributed by atoms with Gasteiger partial charge in [0.05, 0.1) is 0 Å². The Morgan fingerprint density at radius 3 is 2.90 bits per heavy atom. The van der Waals surface area contributed by atoms with Gasteiger partial charge < -0.3 is 5.32 Å². The van der Waals surface area contributed by atoms with Gasteiger partial charge in [-0.05, 0) is 4.83 Å². The first-order valence-electron chi connectivity index (χ1n) is 2.64. The minimum atomic E-state index is -0.313. The van der Waals surface area contributed by atoms with Crippen molar-refractivity contribution >= 4 is 21.8 Å². The van der Waals surface area contributed by atoms with Crippen LogP contribution in [0.1, 0.15) is 6.42 Å². The number of carbonyl (C=O) groups excluding carboxylic acids is 1. The van der Waals surface area contributed by atoms with Gasteiger partial charge in [0.2, 0.25) is 0 Å². The van der Waals surface area contributed by atoms with Crippen LogP contribution in [-0.4, -0.2) is 12.5 Å². The molecule has 3 heteroatoms. The van der Waals surface area contributed by atoms with Crippen LogP contribution >= 0.6 is 15.9 Å². The first-order valence-corrected chi connectivity index (χ1v) is 3.43. The number of terminal acetylenes is 1. The van der Waals surface area contributed by atoms with Gasteiger partial charge in [-0.15, -0.1) is 12.3 Å². The zero-order valence-electron chi connectivity index (χ0n) is 5.28. The molecule has 0 fully saturated rings. The van der Waals surface area contributed by atoms with Crippen LogP contribution < -0.4 is 5.32 Å². The van der Waals surface area contributed by atoms with Crippen molar-refractivity contribution in [2.45, 2.75) is 6.42 Å². The van der Waals surface area contributed by atoms with E-state index in [1.54, 1.807) is 0 Å². The predicted octanol–water partition coefficient (Wildman–Crippen LogP) is 0.482. The molecule has 0 atom stereocenters. The summed E-state index contributed by atoms with van der Waals surface area (Å²) in [6.07, 6.45) is 5.48. The normalized spacial score (nSPS) is 6.80. The van der Waals surface area contributed by atoms with Crippen molar-refractivity contribution in [1.29, 1.82) is 0 Å². The molecule has 0 aliphatic heterocycles. The van der Waals surface area contributed by atoms with Crippen molar-refractivity contribution in [2.24, 2.45) is 0 Å². The predicted molar refractivity (Wildman–Crippen MR) is 43.2 cm³/mol. The van der Waals surface area contributed by atoms with Gasteiger partial charge in [-0.25, -0.2) is 0 Å². The molecule has 0 aliphatic rings. The summed E-state index contributed by atoms with van der Waals surface area (Å²) in [6, 6.07) is 0. The Kier molecular flexibility index (Phi) is 5.62. The molecule has 1 N–H and O–H groups in total. The van der Waals surface area contributed by atoms with E-state index in [9.17, 15) is 4.79 Å². The smallest absolute Gasteiger partial charge is 0.296 e. The van der Waals surface area contributed by atoms with E-state index in [-0.39, 0.29) is 5.91 Å². The Morgan fingerprint density at radius 2 is 2.40 bits per heavy atom. The minimum absolute atomic E-state index is 0.313. The third kappa shape index (κ3) is 5.21. The summed E-state index contributed by atoms with van der Waals surface area (Å²) in [4.78, 5) is 12.8. The van der Waals surface area contributed by atoms with E-state index in [0.29, 0.717) is 13.0 Å². The van der Waals surface area contributed by atoms with Crippen molar-refractivity contribution in [1.82, 2.24) is 5.32 Å². The Bertz CT molecular complexity index is 206. The van der Waals surface area contributed by atoms with E-state index in [4.69, 9.17) is 6.42 Å². The van der Waals surface area contributed by atoms with E-state index in [0.717, 1.165) is 0 Å². The highest BCUT2D eigenvalue weighted by Crippen LogP contribution is 1.72. The lowest BCUT2D eigenvalue weighted by molar-refractivity contribution is -0.115. The van der Waals surface area contributed by atoms with E-state index < -0.39 is 0 Å². The van der Waals surface area contributed by atoms with Crippen molar-refractivity contribution in [3.8, 4) is 23.1 Å². The van der Waals surface area contributed by atoms with Crippen LogP contribution in [0, 0.1) is 23.1 Å². The first-order chi connectivity index (χ1) is 4.81. The maximum atomic E-state index is 10.5. The zero-order valence-corrected chi connectivity index (χ0v) is 6.86. The molecule has 0 aromatic carbocycles. The molecule has 52 valence electrons. The summed E-state index contributed by atoms with van der Waals surface area (Å²) >= 11 is 2.80. The van der Waals surface area contributed by atoms with E-state index in [1.165, 1.54) is 0 Å². The number of nitrogens with one attached hydrogen (secondary N) is 1. The number of carbonyl (C=O) groups is 1.